The number of hydrogen-bond donors (Lipinski definition) is 1. The molecule has 1 amide bonds. The van der Waals surface area contributed by atoms with Gasteiger partial charge in [0.15, 0.2) is 0 Å². The van der Waals surface area contributed by atoms with Gasteiger partial charge in [-0.25, -0.2) is 4.79 Å². The third kappa shape index (κ3) is 15.9. The van der Waals surface area contributed by atoms with Crippen LogP contribution >= 0.6 is 0 Å². The second kappa shape index (κ2) is 17.6. The van der Waals surface area contributed by atoms with Crippen molar-refractivity contribution in [3.63, 3.8) is 0 Å². The molecule has 1 N–H and O–H groups in total. The number of hydrogen-bond acceptors (Lipinski definition) is 3. The van der Waals surface area contributed by atoms with Gasteiger partial charge >= 0.3 is 6.09 Å². The van der Waals surface area contributed by atoms with E-state index >= 15 is 0 Å². The van der Waals surface area contributed by atoms with Gasteiger partial charge in [0.05, 0.1) is 13.2 Å². The van der Waals surface area contributed by atoms with Crippen LogP contribution in [0.1, 0.15) is 104 Å². The zero-order valence-corrected chi connectivity index (χ0v) is 15.5. The highest BCUT2D eigenvalue weighted by molar-refractivity contribution is 5.65. The maximum Gasteiger partial charge on any atom is 0.433 e. The van der Waals surface area contributed by atoms with Gasteiger partial charge in [0, 0.05) is 0 Å². The summed E-state index contributed by atoms with van der Waals surface area (Å²) in [6, 6.07) is 0. The monoisotopic (exact) mass is 329 g/mol. The Hall–Kier alpha value is -0.770. The number of ether oxygens (including phenoxy) is 1. The summed E-state index contributed by atoms with van der Waals surface area (Å²) >= 11 is 0. The lowest BCUT2D eigenvalue weighted by atomic mass is 10.0. The molecule has 0 aromatic rings. The van der Waals surface area contributed by atoms with E-state index in [4.69, 9.17) is 4.74 Å². The fourth-order valence-electron chi connectivity index (χ4n) is 2.75. The van der Waals surface area contributed by atoms with Gasteiger partial charge in [-0.2, -0.15) is 5.06 Å². The lowest BCUT2D eigenvalue weighted by molar-refractivity contribution is -0.0738. The lowest BCUT2D eigenvalue weighted by Crippen LogP contribution is -2.29. The Kier molecular flexibility index (Phi) is 17.0. The Balaban J connectivity index is 3.14. The molecule has 0 unspecified atom stereocenters. The van der Waals surface area contributed by atoms with E-state index in [9.17, 15) is 10.0 Å². The molecule has 0 atom stereocenters. The maximum atomic E-state index is 11.2. The number of carbonyl (C=O) groups excluding carboxylic acids is 1. The molecule has 0 spiro atoms. The normalized spacial score (nSPS) is 10.7. The van der Waals surface area contributed by atoms with Crippen LogP contribution < -0.4 is 0 Å². The van der Waals surface area contributed by atoms with Crippen LogP contribution in [0.2, 0.25) is 0 Å². The Bertz CT molecular complexity index is 259. The van der Waals surface area contributed by atoms with Gasteiger partial charge in [0.2, 0.25) is 0 Å². The minimum Gasteiger partial charge on any atom is -0.448 e. The third-order valence-electron chi connectivity index (χ3n) is 4.20. The second-order valence-electron chi connectivity index (χ2n) is 6.42. The van der Waals surface area contributed by atoms with Crippen LogP contribution in [0.5, 0.6) is 0 Å². The molecule has 0 saturated carbocycles. The predicted molar refractivity (Wildman–Crippen MR) is 95.8 cm³/mol. The van der Waals surface area contributed by atoms with Gasteiger partial charge in [-0.05, 0) is 13.3 Å². The number of hydroxylamine groups is 2. The maximum absolute atomic E-state index is 11.2. The van der Waals surface area contributed by atoms with Crippen molar-refractivity contribution in [3.05, 3.63) is 0 Å². The lowest BCUT2D eigenvalue weighted by Gasteiger charge is -2.13. The summed E-state index contributed by atoms with van der Waals surface area (Å²) in [7, 11) is 0. The summed E-state index contributed by atoms with van der Waals surface area (Å²) in [5.41, 5.74) is 0. The molecule has 4 heteroatoms. The van der Waals surface area contributed by atoms with Crippen LogP contribution in [0.4, 0.5) is 4.79 Å². The fourth-order valence-corrected chi connectivity index (χ4v) is 2.75. The molecule has 4 nitrogen and oxygen atoms in total. The van der Waals surface area contributed by atoms with Crippen LogP contribution in [0.25, 0.3) is 0 Å². The first-order chi connectivity index (χ1) is 11.2. The number of carbonyl (C=O) groups is 1. The highest BCUT2D eigenvalue weighted by Crippen LogP contribution is 2.13. The summed E-state index contributed by atoms with van der Waals surface area (Å²) < 4.78 is 4.71. The summed E-state index contributed by atoms with van der Waals surface area (Å²) in [5.74, 6) is 0. The van der Waals surface area contributed by atoms with Crippen molar-refractivity contribution < 1.29 is 14.7 Å². The van der Waals surface area contributed by atoms with Crippen molar-refractivity contribution in [1.82, 2.24) is 5.06 Å². The van der Waals surface area contributed by atoms with Crippen LogP contribution in [0, 0.1) is 0 Å². The summed E-state index contributed by atoms with van der Waals surface area (Å²) in [4.78, 5) is 11.2. The molecule has 0 aliphatic rings. The topological polar surface area (TPSA) is 49.8 Å². The molecule has 0 rings (SSSR count). The number of amides is 1. The van der Waals surface area contributed by atoms with E-state index in [1.807, 2.05) is 0 Å². The van der Waals surface area contributed by atoms with Crippen molar-refractivity contribution in [2.45, 2.75) is 104 Å². The Morgan fingerprint density at radius 3 is 1.52 bits per heavy atom. The fraction of sp³-hybridized carbons (Fsp3) is 0.947. The second-order valence-corrected chi connectivity index (χ2v) is 6.42. The zero-order valence-electron chi connectivity index (χ0n) is 15.5. The number of nitrogens with zero attached hydrogens (tertiary/aromatic N) is 1. The zero-order chi connectivity index (χ0) is 17.2. The van der Waals surface area contributed by atoms with Gasteiger partial charge in [0.25, 0.3) is 0 Å². The molecule has 0 aliphatic carbocycles. The predicted octanol–water partition coefficient (Wildman–Crippen LogP) is 6.32. The van der Waals surface area contributed by atoms with Crippen LogP contribution in [0.3, 0.4) is 0 Å². The average Bonchev–Trinajstić information content (AvgIpc) is 2.55. The first kappa shape index (κ1) is 22.2. The molecule has 0 aromatic carbocycles. The van der Waals surface area contributed by atoms with E-state index in [2.05, 4.69) is 6.92 Å². The van der Waals surface area contributed by atoms with Crippen molar-refractivity contribution in [3.8, 4) is 0 Å². The van der Waals surface area contributed by atoms with E-state index in [1.54, 1.807) is 6.92 Å². The van der Waals surface area contributed by atoms with Crippen molar-refractivity contribution in [2.75, 3.05) is 13.2 Å². The molecule has 0 bridgehead atoms. The summed E-state index contributed by atoms with van der Waals surface area (Å²) in [5, 5.41) is 10.1. The van der Waals surface area contributed by atoms with E-state index in [-0.39, 0.29) is 0 Å². The average molecular weight is 330 g/mol. The summed E-state index contributed by atoms with van der Waals surface area (Å²) in [6.07, 6.45) is 17.5. The van der Waals surface area contributed by atoms with E-state index in [0.29, 0.717) is 18.2 Å². The number of unbranched alkanes of at least 4 members (excludes halogenated alkanes) is 13. The molecule has 0 aliphatic heterocycles. The SMILES string of the molecule is CCCCCCCCCCCCCCCCN(O)C(=O)OCC. The molecule has 0 aromatic heterocycles. The summed E-state index contributed by atoms with van der Waals surface area (Å²) in [6.45, 7) is 4.67. The molecule has 0 saturated heterocycles. The Morgan fingerprint density at radius 2 is 1.13 bits per heavy atom. The Labute approximate surface area is 143 Å². The standard InChI is InChI=1S/C19H39NO3/c1-3-5-6-7-8-9-10-11-12-13-14-15-16-17-18-20(22)19(21)23-4-2/h22H,3-18H2,1-2H3. The highest BCUT2D eigenvalue weighted by atomic mass is 16.6. The van der Waals surface area contributed by atoms with Crippen molar-refractivity contribution in [1.29, 1.82) is 0 Å². The molecule has 23 heavy (non-hydrogen) atoms. The molecule has 138 valence electrons. The van der Waals surface area contributed by atoms with Gasteiger partial charge in [-0.3, -0.25) is 5.21 Å². The van der Waals surface area contributed by atoms with Gasteiger partial charge < -0.3 is 4.74 Å². The van der Waals surface area contributed by atoms with E-state index in [0.717, 1.165) is 12.8 Å². The van der Waals surface area contributed by atoms with Crippen LogP contribution in [0.15, 0.2) is 0 Å². The van der Waals surface area contributed by atoms with Gasteiger partial charge in [-0.15, -0.1) is 0 Å². The molecule has 0 heterocycles. The third-order valence-corrected chi connectivity index (χ3v) is 4.20. The van der Waals surface area contributed by atoms with Crippen LogP contribution in [-0.2, 0) is 4.74 Å². The minimum atomic E-state index is -0.637. The Morgan fingerprint density at radius 1 is 0.739 bits per heavy atom. The van der Waals surface area contributed by atoms with Crippen LogP contribution in [-0.4, -0.2) is 29.5 Å². The molecule has 0 radical (unpaired) electrons. The molecular formula is C19H39NO3. The number of rotatable bonds is 16. The largest absolute Gasteiger partial charge is 0.448 e. The van der Waals surface area contributed by atoms with Gasteiger partial charge in [-0.1, -0.05) is 90.4 Å². The first-order valence-corrected chi connectivity index (χ1v) is 9.85. The van der Waals surface area contributed by atoms with Gasteiger partial charge in [0.1, 0.15) is 0 Å². The minimum absolute atomic E-state index is 0.300. The van der Waals surface area contributed by atoms with Crippen molar-refractivity contribution >= 4 is 6.09 Å². The quantitative estimate of drug-likeness (QED) is 0.205. The van der Waals surface area contributed by atoms with E-state index < -0.39 is 6.09 Å². The highest BCUT2D eigenvalue weighted by Gasteiger charge is 2.09. The van der Waals surface area contributed by atoms with E-state index in [1.165, 1.54) is 77.0 Å². The molecule has 0 fully saturated rings. The van der Waals surface area contributed by atoms with Crippen molar-refractivity contribution in [2.24, 2.45) is 0 Å². The smallest absolute Gasteiger partial charge is 0.433 e. The first-order valence-electron chi connectivity index (χ1n) is 9.85. The molecular weight excluding hydrogens is 290 g/mol.